The van der Waals surface area contributed by atoms with Crippen LogP contribution in [0.25, 0.3) is 0 Å². The van der Waals surface area contributed by atoms with E-state index in [0.717, 1.165) is 22.3 Å². The highest BCUT2D eigenvalue weighted by Crippen LogP contribution is 2.43. The molecule has 1 aromatic rings. The summed E-state index contributed by atoms with van der Waals surface area (Å²) < 4.78 is 6.54. The van der Waals surface area contributed by atoms with Gasteiger partial charge in [0, 0.05) is 16.7 Å². The number of nitrogens with zero attached hydrogens (tertiary/aromatic N) is 1. The summed E-state index contributed by atoms with van der Waals surface area (Å²) in [5, 5.41) is 9.63. The van der Waals surface area contributed by atoms with E-state index in [2.05, 4.69) is 26.9 Å². The van der Waals surface area contributed by atoms with Gasteiger partial charge in [-0.3, -0.25) is 4.79 Å². The number of hydrogen-bond donors (Lipinski definition) is 1. The van der Waals surface area contributed by atoms with E-state index >= 15 is 0 Å². The number of hydrogen-bond acceptors (Lipinski definition) is 3. The summed E-state index contributed by atoms with van der Waals surface area (Å²) >= 11 is 3.49. The van der Waals surface area contributed by atoms with Crippen molar-refractivity contribution in [3.05, 3.63) is 28.2 Å². The van der Waals surface area contributed by atoms with Gasteiger partial charge in [-0.15, -0.1) is 0 Å². The van der Waals surface area contributed by atoms with Crippen LogP contribution >= 0.6 is 15.9 Å². The van der Waals surface area contributed by atoms with Gasteiger partial charge in [0.2, 0.25) is 0 Å². The molecule has 5 heteroatoms. The number of ether oxygens (including phenoxy) is 1. The van der Waals surface area contributed by atoms with Crippen LogP contribution in [0.5, 0.6) is 0 Å². The second kappa shape index (κ2) is 4.49. The number of fused-ring (bicyclic) bond motifs is 3. The topological polar surface area (TPSA) is 49.8 Å². The summed E-state index contributed by atoms with van der Waals surface area (Å²) in [7, 11) is 0. The number of anilines is 1. The average Bonchev–Trinajstić information content (AvgIpc) is 2.40. The smallest absolute Gasteiger partial charge is 0.311 e. The zero-order valence-corrected chi connectivity index (χ0v) is 12.3. The lowest BCUT2D eigenvalue weighted by molar-refractivity contribution is -0.151. The maximum atomic E-state index is 11.7. The molecule has 4 nitrogen and oxygen atoms in total. The van der Waals surface area contributed by atoms with Crippen LogP contribution in [0, 0.1) is 5.41 Å². The van der Waals surface area contributed by atoms with Crippen LogP contribution in [0.4, 0.5) is 5.69 Å². The average molecular weight is 326 g/mol. The van der Waals surface area contributed by atoms with E-state index in [9.17, 15) is 9.90 Å². The number of carboxylic acid groups (broad SMARTS) is 1. The van der Waals surface area contributed by atoms with Crippen molar-refractivity contribution in [1.29, 1.82) is 0 Å². The number of rotatable bonds is 1. The Morgan fingerprint density at radius 2 is 2.37 bits per heavy atom. The standard InChI is InChI=1S/C14H16BrNO3/c1-14(13(17)18)7-9-2-3-10(15)6-11(9)16-4-5-19-8-12(14)16/h2-3,6,12H,4-5,7-8H2,1H3,(H,17,18). The maximum absolute atomic E-state index is 11.7. The van der Waals surface area contributed by atoms with E-state index in [0.29, 0.717) is 19.6 Å². The van der Waals surface area contributed by atoms with Crippen molar-refractivity contribution in [3.63, 3.8) is 0 Å². The van der Waals surface area contributed by atoms with Gasteiger partial charge >= 0.3 is 5.97 Å². The van der Waals surface area contributed by atoms with Gasteiger partial charge in [0.05, 0.1) is 24.7 Å². The van der Waals surface area contributed by atoms with Crippen LogP contribution < -0.4 is 4.90 Å². The molecule has 0 saturated carbocycles. The molecule has 3 rings (SSSR count). The number of carboxylic acids is 1. The summed E-state index contributed by atoms with van der Waals surface area (Å²) in [4.78, 5) is 13.9. The van der Waals surface area contributed by atoms with E-state index in [1.54, 1.807) is 0 Å². The van der Waals surface area contributed by atoms with Crippen LogP contribution in [0.2, 0.25) is 0 Å². The molecule has 1 aromatic carbocycles. The fourth-order valence-corrected chi connectivity index (χ4v) is 3.45. The molecular formula is C14H16BrNO3. The molecule has 102 valence electrons. The Morgan fingerprint density at radius 1 is 1.58 bits per heavy atom. The van der Waals surface area contributed by atoms with Crippen LogP contribution in [-0.2, 0) is 16.0 Å². The van der Waals surface area contributed by atoms with Gasteiger partial charge < -0.3 is 14.7 Å². The predicted molar refractivity (Wildman–Crippen MR) is 75.5 cm³/mol. The largest absolute Gasteiger partial charge is 0.481 e. The third-order valence-electron chi connectivity index (χ3n) is 4.27. The minimum Gasteiger partial charge on any atom is -0.481 e. The lowest BCUT2D eigenvalue weighted by Crippen LogP contribution is -2.60. The van der Waals surface area contributed by atoms with Crippen molar-refractivity contribution in [2.24, 2.45) is 5.41 Å². The van der Waals surface area contributed by atoms with E-state index in [1.807, 2.05) is 19.1 Å². The zero-order valence-electron chi connectivity index (χ0n) is 10.7. The Bertz CT molecular complexity index is 533. The Balaban J connectivity index is 2.12. The number of morpholine rings is 1. The summed E-state index contributed by atoms with van der Waals surface area (Å²) in [5.41, 5.74) is 1.45. The molecule has 2 atom stereocenters. The number of benzene rings is 1. The Kier molecular flexibility index (Phi) is 3.06. The van der Waals surface area contributed by atoms with E-state index < -0.39 is 11.4 Å². The first-order chi connectivity index (χ1) is 9.02. The molecule has 19 heavy (non-hydrogen) atoms. The monoisotopic (exact) mass is 325 g/mol. The number of aliphatic carboxylic acids is 1. The van der Waals surface area contributed by atoms with Gasteiger partial charge in [-0.25, -0.2) is 0 Å². The summed E-state index contributed by atoms with van der Waals surface area (Å²) in [5.74, 6) is -0.749. The normalized spacial score (nSPS) is 29.6. The van der Waals surface area contributed by atoms with Gasteiger partial charge in [0.15, 0.2) is 0 Å². The summed E-state index contributed by atoms with van der Waals surface area (Å²) in [6, 6.07) is 5.98. The fraction of sp³-hybridized carbons (Fsp3) is 0.500. The fourth-order valence-electron chi connectivity index (χ4n) is 3.11. The minimum absolute atomic E-state index is 0.0967. The SMILES string of the molecule is CC1(C(=O)O)Cc2ccc(Br)cc2N2CCOCC21. The Hall–Kier alpha value is -1.07. The Morgan fingerprint density at radius 3 is 3.11 bits per heavy atom. The second-order valence-corrected chi connectivity index (χ2v) is 6.37. The van der Waals surface area contributed by atoms with Gasteiger partial charge in [-0.1, -0.05) is 22.0 Å². The van der Waals surface area contributed by atoms with Crippen LogP contribution in [0.3, 0.4) is 0 Å². The molecule has 2 aliphatic heterocycles. The zero-order chi connectivity index (χ0) is 13.6. The lowest BCUT2D eigenvalue weighted by atomic mass is 9.72. The van der Waals surface area contributed by atoms with Gasteiger partial charge in [0.1, 0.15) is 0 Å². The van der Waals surface area contributed by atoms with Crippen molar-refractivity contribution < 1.29 is 14.6 Å². The molecule has 2 aliphatic rings. The lowest BCUT2D eigenvalue weighted by Gasteiger charge is -2.49. The first kappa shape index (κ1) is 12.9. The summed E-state index contributed by atoms with van der Waals surface area (Å²) in [6.07, 6.45) is 0.551. The third kappa shape index (κ3) is 1.96. The van der Waals surface area contributed by atoms with Gasteiger partial charge in [-0.2, -0.15) is 0 Å². The molecule has 0 bridgehead atoms. The molecule has 0 amide bonds. The first-order valence-corrected chi connectivity index (χ1v) is 7.18. The van der Waals surface area contributed by atoms with Crippen molar-refractivity contribution in [3.8, 4) is 0 Å². The van der Waals surface area contributed by atoms with Crippen molar-refractivity contribution >= 4 is 27.6 Å². The molecule has 1 saturated heterocycles. The molecule has 0 spiro atoms. The molecule has 0 aliphatic carbocycles. The first-order valence-electron chi connectivity index (χ1n) is 6.38. The minimum atomic E-state index is -0.790. The van der Waals surface area contributed by atoms with E-state index in [4.69, 9.17) is 4.74 Å². The van der Waals surface area contributed by atoms with Crippen molar-refractivity contribution in [2.45, 2.75) is 19.4 Å². The van der Waals surface area contributed by atoms with E-state index in [-0.39, 0.29) is 6.04 Å². The highest BCUT2D eigenvalue weighted by molar-refractivity contribution is 9.10. The molecular weight excluding hydrogens is 310 g/mol. The molecule has 0 radical (unpaired) electrons. The quantitative estimate of drug-likeness (QED) is 0.860. The number of halogens is 1. The Labute approximate surface area is 120 Å². The predicted octanol–water partition coefficient (Wildman–Crippen LogP) is 2.30. The number of carbonyl (C=O) groups is 1. The van der Waals surface area contributed by atoms with Crippen LogP contribution in [0.1, 0.15) is 12.5 Å². The van der Waals surface area contributed by atoms with Gasteiger partial charge in [0.25, 0.3) is 0 Å². The van der Waals surface area contributed by atoms with Crippen molar-refractivity contribution in [2.75, 3.05) is 24.7 Å². The molecule has 0 aromatic heterocycles. The van der Waals surface area contributed by atoms with Gasteiger partial charge in [-0.05, 0) is 31.0 Å². The van der Waals surface area contributed by atoms with Crippen LogP contribution in [-0.4, -0.2) is 36.9 Å². The van der Waals surface area contributed by atoms with E-state index in [1.165, 1.54) is 0 Å². The highest BCUT2D eigenvalue weighted by atomic mass is 79.9. The maximum Gasteiger partial charge on any atom is 0.311 e. The summed E-state index contributed by atoms with van der Waals surface area (Å²) in [6.45, 7) is 3.70. The molecule has 2 heterocycles. The molecule has 2 unspecified atom stereocenters. The van der Waals surface area contributed by atoms with Crippen LogP contribution in [0.15, 0.2) is 22.7 Å². The molecule has 1 N–H and O–H groups in total. The third-order valence-corrected chi connectivity index (χ3v) is 4.76. The molecule has 1 fully saturated rings. The highest BCUT2D eigenvalue weighted by Gasteiger charge is 2.49. The second-order valence-electron chi connectivity index (χ2n) is 5.46. The van der Waals surface area contributed by atoms with Crippen molar-refractivity contribution in [1.82, 2.24) is 0 Å².